The van der Waals surface area contributed by atoms with Gasteiger partial charge in [0.1, 0.15) is 6.26 Å². The van der Waals surface area contributed by atoms with Crippen molar-refractivity contribution in [1.82, 2.24) is 10.6 Å². The first-order valence-corrected chi connectivity index (χ1v) is 4.54. The molecular formula is C9H13BN2O4. The first-order chi connectivity index (χ1) is 7.63. The number of nitrogens with one attached hydrogen (secondary N) is 1. The molecule has 0 unspecified atom stereocenters. The summed E-state index contributed by atoms with van der Waals surface area (Å²) in [5, 5.41) is 12.8. The molecule has 0 saturated carbocycles. The Kier molecular flexibility index (Phi) is 4.62. The minimum Gasteiger partial charge on any atom is -0.423 e. The highest BCUT2D eigenvalue weighted by Gasteiger charge is 2.13. The maximum Gasteiger partial charge on any atom is 0.486 e. The van der Waals surface area contributed by atoms with Crippen molar-refractivity contribution in [3.63, 3.8) is 0 Å². The lowest BCUT2D eigenvalue weighted by Gasteiger charge is -2.07. The van der Waals surface area contributed by atoms with Gasteiger partial charge in [0.05, 0.1) is 5.70 Å². The monoisotopic (exact) mass is 224 g/mol. The lowest BCUT2D eigenvalue weighted by atomic mass is 9.79. The van der Waals surface area contributed by atoms with Gasteiger partial charge in [0.15, 0.2) is 0 Å². The molecule has 1 aromatic rings. The molecule has 0 saturated heterocycles. The summed E-state index contributed by atoms with van der Waals surface area (Å²) in [6.45, 7) is 5.38. The Morgan fingerprint density at radius 1 is 1.75 bits per heavy atom. The maximum atomic E-state index is 9.30. The van der Waals surface area contributed by atoms with E-state index in [1.807, 2.05) is 0 Å². The van der Waals surface area contributed by atoms with Crippen molar-refractivity contribution in [2.75, 3.05) is 7.11 Å². The molecule has 0 aromatic carbocycles. The van der Waals surface area contributed by atoms with Crippen LogP contribution in [0.3, 0.4) is 0 Å². The Hall–Kier alpha value is -1.73. The van der Waals surface area contributed by atoms with Gasteiger partial charge in [-0.05, 0) is 23.6 Å². The molecule has 1 rings (SSSR count). The molecule has 6 nitrogen and oxygen atoms in total. The van der Waals surface area contributed by atoms with Gasteiger partial charge < -0.3 is 19.0 Å². The molecule has 1 heterocycles. The number of nitrogens with zero attached hydrogens (tertiary/aromatic N) is 1. The maximum absolute atomic E-state index is 9.30. The number of hydrogen-bond donors (Lipinski definition) is 2. The van der Waals surface area contributed by atoms with Gasteiger partial charge in [-0.15, -0.1) is 0 Å². The first kappa shape index (κ1) is 12.3. The zero-order chi connectivity index (χ0) is 12.0. The molecule has 0 aliphatic carbocycles. The predicted molar refractivity (Wildman–Crippen MR) is 58.1 cm³/mol. The van der Waals surface area contributed by atoms with Crippen LogP contribution < -0.4 is 10.3 Å². The van der Waals surface area contributed by atoms with Crippen molar-refractivity contribution in [1.29, 1.82) is 0 Å². The van der Waals surface area contributed by atoms with Gasteiger partial charge in [-0.3, -0.25) is 0 Å². The van der Waals surface area contributed by atoms with Crippen molar-refractivity contribution >= 4 is 7.12 Å². The van der Waals surface area contributed by atoms with Crippen LogP contribution in [0.15, 0.2) is 40.7 Å². The fraction of sp³-hybridized carbons (Fsp3) is 0.222. The molecule has 0 spiro atoms. The minimum atomic E-state index is -0.953. The van der Waals surface area contributed by atoms with E-state index in [2.05, 4.69) is 21.7 Å². The molecule has 0 fully saturated rings. The second-order valence-electron chi connectivity index (χ2n) is 3.04. The van der Waals surface area contributed by atoms with E-state index in [1.165, 1.54) is 13.4 Å². The molecule has 0 radical (unpaired) electrons. The Morgan fingerprint density at radius 2 is 2.50 bits per heavy atom. The summed E-state index contributed by atoms with van der Waals surface area (Å²) in [4.78, 5) is 5.00. The van der Waals surface area contributed by atoms with Crippen LogP contribution in [0.25, 0.3) is 0 Å². The van der Waals surface area contributed by atoms with Crippen molar-refractivity contribution in [3.05, 3.63) is 36.2 Å². The zero-order valence-corrected chi connectivity index (χ0v) is 9.14. The first-order valence-electron chi connectivity index (χ1n) is 4.54. The number of rotatable bonds is 6. The van der Waals surface area contributed by atoms with Crippen LogP contribution in [0, 0.1) is 0 Å². The molecule has 0 aliphatic rings. The average Bonchev–Trinajstić information content (AvgIpc) is 2.78. The molecular weight excluding hydrogens is 211 g/mol. The Morgan fingerprint density at radius 3 is 3.06 bits per heavy atom. The third-order valence-electron chi connectivity index (χ3n) is 1.72. The SMILES string of the molecule is C=C(/C=C(\C)B(O)OC)NOc1ccon1. The molecule has 0 aliphatic heterocycles. The number of aromatic nitrogens is 1. The minimum absolute atomic E-state index is 0.291. The normalized spacial score (nSPS) is 11.1. The third-order valence-corrected chi connectivity index (χ3v) is 1.72. The molecule has 0 atom stereocenters. The van der Waals surface area contributed by atoms with Gasteiger partial charge in [0.25, 0.3) is 5.88 Å². The topological polar surface area (TPSA) is 76.8 Å². The van der Waals surface area contributed by atoms with Crippen LogP contribution in [0.1, 0.15) is 6.92 Å². The zero-order valence-electron chi connectivity index (χ0n) is 9.14. The Balaban J connectivity index is 2.41. The standard InChI is InChI=1S/C9H13BN2O4/c1-7(10(13)14-3)6-8(2)11-16-9-4-5-15-12-9/h4-6,11,13H,2H2,1,3H3/b7-6+. The molecule has 2 N–H and O–H groups in total. The van der Waals surface area contributed by atoms with Crippen LogP contribution in [0.2, 0.25) is 0 Å². The van der Waals surface area contributed by atoms with Gasteiger partial charge >= 0.3 is 7.12 Å². The van der Waals surface area contributed by atoms with E-state index >= 15 is 0 Å². The van der Waals surface area contributed by atoms with Crippen molar-refractivity contribution in [2.24, 2.45) is 0 Å². The van der Waals surface area contributed by atoms with Gasteiger partial charge in [0.2, 0.25) is 0 Å². The number of hydrogen-bond acceptors (Lipinski definition) is 6. The summed E-state index contributed by atoms with van der Waals surface area (Å²) in [5.74, 6) is 0.291. The van der Waals surface area contributed by atoms with E-state index in [0.29, 0.717) is 17.0 Å². The quantitative estimate of drug-likeness (QED) is 0.420. The van der Waals surface area contributed by atoms with Crippen LogP contribution in [0.4, 0.5) is 0 Å². The number of allylic oxidation sites excluding steroid dienone is 2. The summed E-state index contributed by atoms with van der Waals surface area (Å²) in [6, 6.07) is 1.54. The van der Waals surface area contributed by atoms with Crippen LogP contribution in [-0.2, 0) is 4.65 Å². The smallest absolute Gasteiger partial charge is 0.423 e. The largest absolute Gasteiger partial charge is 0.486 e. The second-order valence-corrected chi connectivity index (χ2v) is 3.04. The van der Waals surface area contributed by atoms with E-state index in [9.17, 15) is 5.02 Å². The molecule has 86 valence electrons. The number of hydroxylamine groups is 1. The van der Waals surface area contributed by atoms with Gasteiger partial charge in [-0.2, -0.15) is 0 Å². The molecule has 0 amide bonds. The fourth-order valence-corrected chi connectivity index (χ4v) is 0.933. The fourth-order valence-electron chi connectivity index (χ4n) is 0.933. The van der Waals surface area contributed by atoms with Crippen LogP contribution in [-0.4, -0.2) is 24.4 Å². The van der Waals surface area contributed by atoms with Crippen LogP contribution in [0.5, 0.6) is 5.88 Å². The highest BCUT2D eigenvalue weighted by molar-refractivity contribution is 6.52. The summed E-state index contributed by atoms with van der Waals surface area (Å²) < 4.78 is 9.28. The van der Waals surface area contributed by atoms with Gasteiger partial charge in [-0.1, -0.05) is 6.58 Å². The van der Waals surface area contributed by atoms with E-state index in [1.54, 1.807) is 19.1 Å². The molecule has 16 heavy (non-hydrogen) atoms. The van der Waals surface area contributed by atoms with E-state index in [-0.39, 0.29) is 0 Å². The van der Waals surface area contributed by atoms with Gasteiger partial charge in [-0.25, -0.2) is 5.48 Å². The molecule has 1 aromatic heterocycles. The molecule has 7 heteroatoms. The van der Waals surface area contributed by atoms with E-state index in [4.69, 9.17) is 9.49 Å². The molecule has 0 bridgehead atoms. The van der Waals surface area contributed by atoms with E-state index in [0.717, 1.165) is 0 Å². The third kappa shape index (κ3) is 3.80. The Bertz CT molecular complexity index is 364. The highest BCUT2D eigenvalue weighted by Crippen LogP contribution is 2.05. The van der Waals surface area contributed by atoms with Crippen LogP contribution >= 0.6 is 0 Å². The summed E-state index contributed by atoms with van der Waals surface area (Å²) >= 11 is 0. The lowest BCUT2D eigenvalue weighted by Crippen LogP contribution is -2.20. The second kappa shape index (κ2) is 5.99. The highest BCUT2D eigenvalue weighted by atomic mass is 16.7. The van der Waals surface area contributed by atoms with Crippen molar-refractivity contribution < 1.29 is 19.0 Å². The predicted octanol–water partition coefficient (Wildman–Crippen LogP) is 0.684. The Labute approximate surface area is 93.6 Å². The lowest BCUT2D eigenvalue weighted by molar-refractivity contribution is 0.209. The summed E-state index contributed by atoms with van der Waals surface area (Å²) in [6.07, 6.45) is 2.98. The van der Waals surface area contributed by atoms with Crippen molar-refractivity contribution in [3.8, 4) is 5.88 Å². The van der Waals surface area contributed by atoms with Gasteiger partial charge in [0, 0.05) is 13.2 Å². The average molecular weight is 224 g/mol. The van der Waals surface area contributed by atoms with Crippen molar-refractivity contribution in [2.45, 2.75) is 6.92 Å². The van der Waals surface area contributed by atoms with E-state index < -0.39 is 7.12 Å². The summed E-state index contributed by atoms with van der Waals surface area (Å²) in [7, 11) is 0.454. The summed E-state index contributed by atoms with van der Waals surface area (Å²) in [5.41, 5.74) is 3.59.